The molecular weight excluding hydrogens is 300 g/mol. The molecule has 1 unspecified atom stereocenters. The molecule has 0 aromatic carbocycles. The Kier molecular flexibility index (Phi) is 8.04. The molecule has 0 spiro atoms. The second-order valence-corrected chi connectivity index (χ2v) is 5.13. The van der Waals surface area contributed by atoms with E-state index in [0.717, 1.165) is 0 Å². The van der Waals surface area contributed by atoms with Gasteiger partial charge in [0, 0.05) is 38.6 Å². The number of amides is 1. The summed E-state index contributed by atoms with van der Waals surface area (Å²) in [7, 11) is 1.50. The second kappa shape index (κ2) is 9.78. The first kappa shape index (κ1) is 18.9. The van der Waals surface area contributed by atoms with E-state index < -0.39 is 11.9 Å². The highest BCUT2D eigenvalue weighted by atomic mass is 16.5. The number of carboxylic acids is 1. The maximum Gasteiger partial charge on any atom is 0.308 e. The molecule has 0 saturated carbocycles. The van der Waals surface area contributed by atoms with Crippen molar-refractivity contribution < 1.29 is 24.2 Å². The summed E-state index contributed by atoms with van der Waals surface area (Å²) in [6.07, 6.45) is 2.08. The maximum atomic E-state index is 12.6. The molecule has 0 fully saturated rings. The second-order valence-electron chi connectivity index (χ2n) is 5.13. The standard InChI is InChI=1S/C16H24N2O5/c1-4-23-9-5-8-18(11-12(2)16(20)21)15(19)13-6-7-14(22-3)17-10-13/h6-7,10,12H,4-5,8-9,11H2,1-3H3,(H,20,21). The number of pyridine rings is 1. The lowest BCUT2D eigenvalue weighted by Crippen LogP contribution is -2.38. The van der Waals surface area contributed by atoms with Gasteiger partial charge in [-0.2, -0.15) is 0 Å². The third-order valence-corrected chi connectivity index (χ3v) is 3.32. The van der Waals surface area contributed by atoms with E-state index in [-0.39, 0.29) is 12.5 Å². The fraction of sp³-hybridized carbons (Fsp3) is 0.562. The lowest BCUT2D eigenvalue weighted by atomic mass is 10.1. The molecule has 0 bridgehead atoms. The largest absolute Gasteiger partial charge is 0.481 e. The average molecular weight is 324 g/mol. The number of aromatic nitrogens is 1. The first-order valence-electron chi connectivity index (χ1n) is 7.59. The van der Waals surface area contributed by atoms with Crippen LogP contribution in [0.3, 0.4) is 0 Å². The van der Waals surface area contributed by atoms with Crippen LogP contribution in [0.15, 0.2) is 18.3 Å². The van der Waals surface area contributed by atoms with Crippen molar-refractivity contribution in [2.24, 2.45) is 5.92 Å². The summed E-state index contributed by atoms with van der Waals surface area (Å²) in [5.41, 5.74) is 0.403. The normalized spacial score (nSPS) is 11.8. The Hall–Kier alpha value is -2.15. The molecule has 0 aliphatic rings. The van der Waals surface area contributed by atoms with Crippen LogP contribution in [0.4, 0.5) is 0 Å². The fourth-order valence-electron chi connectivity index (χ4n) is 2.00. The highest BCUT2D eigenvalue weighted by Gasteiger charge is 2.21. The molecule has 1 N–H and O–H groups in total. The van der Waals surface area contributed by atoms with E-state index in [4.69, 9.17) is 14.6 Å². The molecular formula is C16H24N2O5. The van der Waals surface area contributed by atoms with Gasteiger partial charge in [-0.1, -0.05) is 6.92 Å². The Morgan fingerprint density at radius 3 is 2.65 bits per heavy atom. The fourth-order valence-corrected chi connectivity index (χ4v) is 2.00. The smallest absolute Gasteiger partial charge is 0.308 e. The third-order valence-electron chi connectivity index (χ3n) is 3.32. The van der Waals surface area contributed by atoms with Crippen LogP contribution in [0.25, 0.3) is 0 Å². The van der Waals surface area contributed by atoms with E-state index in [1.807, 2.05) is 6.92 Å². The molecule has 23 heavy (non-hydrogen) atoms. The number of nitrogens with zero attached hydrogens (tertiary/aromatic N) is 2. The molecule has 0 aliphatic carbocycles. The van der Waals surface area contributed by atoms with Crippen molar-refractivity contribution in [2.45, 2.75) is 20.3 Å². The summed E-state index contributed by atoms with van der Waals surface area (Å²) in [6.45, 7) is 5.20. The van der Waals surface area contributed by atoms with Crippen LogP contribution in [0.5, 0.6) is 5.88 Å². The SMILES string of the molecule is CCOCCCN(CC(C)C(=O)O)C(=O)c1ccc(OC)nc1. The van der Waals surface area contributed by atoms with Gasteiger partial charge >= 0.3 is 5.97 Å². The summed E-state index contributed by atoms with van der Waals surface area (Å²) < 4.78 is 10.2. The van der Waals surface area contributed by atoms with Crippen molar-refractivity contribution >= 4 is 11.9 Å². The predicted octanol–water partition coefficient (Wildman–Crippen LogP) is 1.68. The topological polar surface area (TPSA) is 89.0 Å². The van der Waals surface area contributed by atoms with Gasteiger partial charge in [0.2, 0.25) is 5.88 Å². The number of hydrogen-bond acceptors (Lipinski definition) is 5. The van der Waals surface area contributed by atoms with E-state index >= 15 is 0 Å². The Morgan fingerprint density at radius 2 is 2.13 bits per heavy atom. The minimum absolute atomic E-state index is 0.145. The van der Waals surface area contributed by atoms with Gasteiger partial charge in [0.15, 0.2) is 0 Å². The lowest BCUT2D eigenvalue weighted by Gasteiger charge is -2.24. The van der Waals surface area contributed by atoms with Gasteiger partial charge in [-0.25, -0.2) is 4.98 Å². The van der Waals surface area contributed by atoms with E-state index in [1.165, 1.54) is 18.2 Å². The summed E-state index contributed by atoms with van der Waals surface area (Å²) in [5.74, 6) is -1.40. The molecule has 7 heteroatoms. The van der Waals surface area contributed by atoms with E-state index in [9.17, 15) is 9.59 Å². The number of hydrogen-bond donors (Lipinski definition) is 1. The molecule has 1 amide bonds. The van der Waals surface area contributed by atoms with Crippen molar-refractivity contribution in [3.8, 4) is 5.88 Å². The molecule has 0 saturated heterocycles. The summed E-state index contributed by atoms with van der Waals surface area (Å²) >= 11 is 0. The maximum absolute atomic E-state index is 12.6. The van der Waals surface area contributed by atoms with Gasteiger partial charge < -0.3 is 19.5 Å². The van der Waals surface area contributed by atoms with Crippen molar-refractivity contribution in [2.75, 3.05) is 33.4 Å². The molecule has 1 aromatic rings. The number of ether oxygens (including phenoxy) is 2. The first-order valence-corrected chi connectivity index (χ1v) is 7.59. The summed E-state index contributed by atoms with van der Waals surface area (Å²) in [5, 5.41) is 9.07. The van der Waals surface area contributed by atoms with Gasteiger partial charge in [0.05, 0.1) is 18.6 Å². The molecule has 1 aromatic heterocycles. The molecule has 7 nitrogen and oxygen atoms in total. The zero-order valence-electron chi connectivity index (χ0n) is 13.8. The molecule has 1 heterocycles. The third kappa shape index (κ3) is 6.23. The molecule has 1 rings (SSSR count). The lowest BCUT2D eigenvalue weighted by molar-refractivity contribution is -0.141. The average Bonchev–Trinajstić information content (AvgIpc) is 2.56. The minimum atomic E-state index is -0.930. The molecule has 0 aliphatic heterocycles. The van der Waals surface area contributed by atoms with Gasteiger partial charge in [0.1, 0.15) is 0 Å². The van der Waals surface area contributed by atoms with Crippen molar-refractivity contribution in [1.29, 1.82) is 0 Å². The van der Waals surface area contributed by atoms with Crippen LogP contribution in [-0.4, -0.2) is 60.3 Å². The van der Waals surface area contributed by atoms with Crippen LogP contribution >= 0.6 is 0 Å². The Labute approximate surface area is 136 Å². The molecule has 0 radical (unpaired) electrons. The highest BCUT2D eigenvalue weighted by Crippen LogP contribution is 2.11. The van der Waals surface area contributed by atoms with Crippen LogP contribution in [0, 0.1) is 5.92 Å². The van der Waals surface area contributed by atoms with Crippen molar-refractivity contribution in [1.82, 2.24) is 9.88 Å². The van der Waals surface area contributed by atoms with Crippen molar-refractivity contribution in [3.05, 3.63) is 23.9 Å². The predicted molar refractivity (Wildman–Crippen MR) is 84.6 cm³/mol. The Morgan fingerprint density at radius 1 is 1.39 bits per heavy atom. The quantitative estimate of drug-likeness (QED) is 0.659. The summed E-state index contributed by atoms with van der Waals surface area (Å²) in [6, 6.07) is 3.22. The van der Waals surface area contributed by atoms with Crippen LogP contribution in [0.1, 0.15) is 30.6 Å². The number of rotatable bonds is 10. The zero-order chi connectivity index (χ0) is 17.2. The molecule has 1 atom stereocenters. The van der Waals surface area contributed by atoms with Gasteiger partial charge in [0.25, 0.3) is 5.91 Å². The number of carbonyl (C=O) groups excluding carboxylic acids is 1. The van der Waals surface area contributed by atoms with E-state index in [0.29, 0.717) is 37.6 Å². The zero-order valence-corrected chi connectivity index (χ0v) is 13.8. The Bertz CT molecular complexity index is 504. The number of carbonyl (C=O) groups is 2. The Balaban J connectivity index is 2.78. The molecule has 128 valence electrons. The van der Waals surface area contributed by atoms with Crippen LogP contribution < -0.4 is 4.74 Å². The summed E-state index contributed by atoms with van der Waals surface area (Å²) in [4.78, 5) is 29.2. The van der Waals surface area contributed by atoms with Crippen LogP contribution in [0.2, 0.25) is 0 Å². The number of aliphatic carboxylic acids is 1. The number of methoxy groups -OCH3 is 1. The van der Waals surface area contributed by atoms with Gasteiger partial charge in [-0.05, 0) is 19.4 Å². The van der Waals surface area contributed by atoms with Gasteiger partial charge in [-0.15, -0.1) is 0 Å². The monoisotopic (exact) mass is 324 g/mol. The van der Waals surface area contributed by atoms with E-state index in [2.05, 4.69) is 4.98 Å². The first-order chi connectivity index (χ1) is 11.0. The highest BCUT2D eigenvalue weighted by molar-refractivity contribution is 5.94. The van der Waals surface area contributed by atoms with Crippen molar-refractivity contribution in [3.63, 3.8) is 0 Å². The van der Waals surface area contributed by atoms with Gasteiger partial charge in [-0.3, -0.25) is 9.59 Å². The minimum Gasteiger partial charge on any atom is -0.481 e. The van der Waals surface area contributed by atoms with E-state index in [1.54, 1.807) is 19.1 Å². The number of carboxylic acid groups (broad SMARTS) is 1. The van der Waals surface area contributed by atoms with Crippen LogP contribution in [-0.2, 0) is 9.53 Å².